The molecule has 3 rings (SSSR count). The number of carbonyl (C=O) groups excluding carboxylic acids is 1. The third-order valence-electron chi connectivity index (χ3n) is 3.90. The average molecular weight is 371 g/mol. The highest BCUT2D eigenvalue weighted by Crippen LogP contribution is 2.23. The number of nitrogens with zero attached hydrogens (tertiary/aromatic N) is 3. The van der Waals surface area contributed by atoms with E-state index in [1.165, 1.54) is 23.9 Å². The number of amides is 1. The van der Waals surface area contributed by atoms with E-state index in [0.717, 1.165) is 5.56 Å². The van der Waals surface area contributed by atoms with Gasteiger partial charge in [-0.25, -0.2) is 0 Å². The molecule has 0 spiro atoms. The molecule has 0 fully saturated rings. The molecular weight excluding hydrogens is 354 g/mol. The molecule has 2 aromatic carbocycles. The number of non-ortho nitro benzene ring substituents is 1. The van der Waals surface area contributed by atoms with Gasteiger partial charge in [-0.2, -0.15) is 0 Å². The van der Waals surface area contributed by atoms with Crippen LogP contribution in [0.4, 0.5) is 5.69 Å². The van der Waals surface area contributed by atoms with Crippen LogP contribution in [-0.2, 0) is 5.75 Å². The van der Waals surface area contributed by atoms with Gasteiger partial charge in [-0.15, -0.1) is 0 Å². The molecule has 0 aromatic heterocycles. The lowest BCUT2D eigenvalue weighted by Crippen LogP contribution is -2.32. The molecule has 0 bridgehead atoms. The van der Waals surface area contributed by atoms with Gasteiger partial charge in [0.05, 0.1) is 18.6 Å². The second-order valence-electron chi connectivity index (χ2n) is 5.56. The number of carbonyl (C=O) groups is 1. The van der Waals surface area contributed by atoms with Crippen molar-refractivity contribution in [3.8, 4) is 5.75 Å². The fourth-order valence-corrected chi connectivity index (χ4v) is 3.49. The van der Waals surface area contributed by atoms with E-state index < -0.39 is 4.92 Å². The van der Waals surface area contributed by atoms with Crippen molar-refractivity contribution < 1.29 is 14.5 Å². The van der Waals surface area contributed by atoms with Gasteiger partial charge in [0.25, 0.3) is 11.6 Å². The average Bonchev–Trinajstić information content (AvgIpc) is 3.14. The molecule has 2 aromatic rings. The minimum Gasteiger partial charge on any atom is -0.497 e. The Morgan fingerprint density at radius 3 is 2.54 bits per heavy atom. The summed E-state index contributed by atoms with van der Waals surface area (Å²) in [5.74, 6) is 1.19. The quantitative estimate of drug-likeness (QED) is 0.594. The maximum Gasteiger partial charge on any atom is 0.269 e. The molecule has 1 aliphatic heterocycles. The number of nitro groups is 1. The minimum absolute atomic E-state index is 0.0632. The van der Waals surface area contributed by atoms with Gasteiger partial charge in [-0.1, -0.05) is 23.9 Å². The van der Waals surface area contributed by atoms with Gasteiger partial charge in [-0.05, 0) is 29.8 Å². The first kappa shape index (κ1) is 17.9. The van der Waals surface area contributed by atoms with Crippen LogP contribution in [0.15, 0.2) is 53.5 Å². The Hall–Kier alpha value is -2.87. The first-order valence-corrected chi connectivity index (χ1v) is 8.93. The lowest BCUT2D eigenvalue weighted by molar-refractivity contribution is -0.384. The van der Waals surface area contributed by atoms with Crippen molar-refractivity contribution >= 4 is 28.5 Å². The monoisotopic (exact) mass is 371 g/mol. The van der Waals surface area contributed by atoms with Gasteiger partial charge in [0.2, 0.25) is 0 Å². The molecule has 0 saturated heterocycles. The number of hydrogen-bond acceptors (Lipinski definition) is 6. The summed E-state index contributed by atoms with van der Waals surface area (Å²) in [5.41, 5.74) is 1.58. The number of methoxy groups -OCH3 is 1. The molecule has 1 aliphatic rings. The van der Waals surface area contributed by atoms with Crippen LogP contribution in [0.2, 0.25) is 0 Å². The van der Waals surface area contributed by atoms with Crippen molar-refractivity contribution in [2.75, 3.05) is 20.2 Å². The minimum atomic E-state index is -0.423. The molecule has 0 saturated carbocycles. The summed E-state index contributed by atoms with van der Waals surface area (Å²) >= 11 is 1.45. The number of amidine groups is 1. The summed E-state index contributed by atoms with van der Waals surface area (Å²) in [4.78, 5) is 29.1. The second kappa shape index (κ2) is 8.01. The van der Waals surface area contributed by atoms with Gasteiger partial charge in [0, 0.05) is 30.0 Å². The highest BCUT2D eigenvalue weighted by molar-refractivity contribution is 8.13. The molecule has 1 heterocycles. The zero-order valence-electron chi connectivity index (χ0n) is 14.1. The first-order valence-electron chi connectivity index (χ1n) is 7.95. The van der Waals surface area contributed by atoms with E-state index in [9.17, 15) is 14.9 Å². The van der Waals surface area contributed by atoms with E-state index in [1.807, 2.05) is 0 Å². The zero-order chi connectivity index (χ0) is 18.5. The maximum atomic E-state index is 12.7. The van der Waals surface area contributed by atoms with Crippen LogP contribution in [0.25, 0.3) is 0 Å². The van der Waals surface area contributed by atoms with Crippen LogP contribution >= 0.6 is 11.8 Å². The Morgan fingerprint density at radius 1 is 1.23 bits per heavy atom. The zero-order valence-corrected chi connectivity index (χ0v) is 14.9. The number of rotatable bonds is 5. The fourth-order valence-electron chi connectivity index (χ4n) is 2.49. The van der Waals surface area contributed by atoms with Gasteiger partial charge in [-0.3, -0.25) is 24.8 Å². The van der Waals surface area contributed by atoms with Crippen molar-refractivity contribution in [2.45, 2.75) is 5.75 Å². The van der Waals surface area contributed by atoms with E-state index in [4.69, 9.17) is 4.74 Å². The summed E-state index contributed by atoms with van der Waals surface area (Å²) in [6.07, 6.45) is 0. The molecule has 1 amide bonds. The van der Waals surface area contributed by atoms with Crippen LogP contribution in [0.5, 0.6) is 5.75 Å². The number of aliphatic imine (C=N–C) groups is 1. The summed E-state index contributed by atoms with van der Waals surface area (Å²) in [5, 5.41) is 11.4. The summed E-state index contributed by atoms with van der Waals surface area (Å²) < 4.78 is 5.11. The number of benzene rings is 2. The number of nitro benzene ring substituents is 1. The fraction of sp³-hybridized carbons (Fsp3) is 0.222. The van der Waals surface area contributed by atoms with Crippen LogP contribution in [0, 0.1) is 10.1 Å². The van der Waals surface area contributed by atoms with Crippen LogP contribution in [0.3, 0.4) is 0 Å². The van der Waals surface area contributed by atoms with Crippen molar-refractivity contribution in [2.24, 2.45) is 4.99 Å². The summed E-state index contributed by atoms with van der Waals surface area (Å²) in [6.45, 7) is 1.12. The highest BCUT2D eigenvalue weighted by Gasteiger charge is 2.25. The Labute approximate surface area is 154 Å². The predicted molar refractivity (Wildman–Crippen MR) is 101 cm³/mol. The molecular formula is C18H17N3O4S. The molecule has 0 aliphatic carbocycles. The lowest BCUT2D eigenvalue weighted by Gasteiger charge is -2.18. The smallest absolute Gasteiger partial charge is 0.269 e. The van der Waals surface area contributed by atoms with Crippen LogP contribution in [0.1, 0.15) is 15.9 Å². The molecule has 0 atom stereocenters. The second-order valence-corrected chi connectivity index (χ2v) is 6.50. The van der Waals surface area contributed by atoms with Crippen molar-refractivity contribution in [1.82, 2.24) is 4.90 Å². The summed E-state index contributed by atoms with van der Waals surface area (Å²) in [7, 11) is 1.58. The number of thioether (sulfide) groups is 1. The lowest BCUT2D eigenvalue weighted by atomic mass is 10.2. The van der Waals surface area contributed by atoms with Gasteiger partial charge in [0.15, 0.2) is 5.17 Å². The molecule has 8 heteroatoms. The third-order valence-corrected chi connectivity index (χ3v) is 4.98. The van der Waals surface area contributed by atoms with E-state index in [1.54, 1.807) is 48.4 Å². The first-order chi connectivity index (χ1) is 12.6. The predicted octanol–water partition coefficient (Wildman–Crippen LogP) is 3.35. The standard InChI is InChI=1S/C18H17N3O4S/c1-25-16-8-4-14(5-9-16)17(22)20-11-10-19-18(20)26-12-13-2-6-15(7-3-13)21(23)24/h2-9H,10-12H2,1H3. The van der Waals surface area contributed by atoms with Gasteiger partial charge < -0.3 is 4.74 Å². The molecule has 0 N–H and O–H groups in total. The van der Waals surface area contributed by atoms with E-state index >= 15 is 0 Å². The van der Waals surface area contributed by atoms with Crippen molar-refractivity contribution in [1.29, 1.82) is 0 Å². The largest absolute Gasteiger partial charge is 0.497 e. The summed E-state index contributed by atoms with van der Waals surface area (Å²) in [6, 6.07) is 13.4. The molecule has 134 valence electrons. The highest BCUT2D eigenvalue weighted by atomic mass is 32.2. The number of hydrogen-bond donors (Lipinski definition) is 0. The topological polar surface area (TPSA) is 85.0 Å². The Bertz CT molecular complexity index is 835. The van der Waals surface area contributed by atoms with E-state index in [2.05, 4.69) is 4.99 Å². The molecule has 26 heavy (non-hydrogen) atoms. The molecule has 0 unspecified atom stereocenters. The Morgan fingerprint density at radius 2 is 1.92 bits per heavy atom. The van der Waals surface area contributed by atoms with Crippen molar-refractivity contribution in [3.05, 3.63) is 69.8 Å². The van der Waals surface area contributed by atoms with Crippen molar-refractivity contribution in [3.63, 3.8) is 0 Å². The SMILES string of the molecule is COc1ccc(C(=O)N2CCN=C2SCc2ccc([N+](=O)[O-])cc2)cc1. The van der Waals surface area contributed by atoms with Crippen LogP contribution in [-0.4, -0.2) is 41.1 Å². The van der Waals surface area contributed by atoms with Gasteiger partial charge >= 0.3 is 0 Å². The maximum absolute atomic E-state index is 12.7. The number of ether oxygens (including phenoxy) is 1. The third kappa shape index (κ3) is 4.02. The van der Waals surface area contributed by atoms with E-state index in [-0.39, 0.29) is 11.6 Å². The van der Waals surface area contributed by atoms with E-state index in [0.29, 0.717) is 35.3 Å². The van der Waals surface area contributed by atoms with Gasteiger partial charge in [0.1, 0.15) is 5.75 Å². The Kier molecular flexibility index (Phi) is 5.52. The normalized spacial score (nSPS) is 13.4. The molecule has 7 nitrogen and oxygen atoms in total. The van der Waals surface area contributed by atoms with Crippen LogP contribution < -0.4 is 4.74 Å². The Balaban J connectivity index is 1.64. The molecule has 0 radical (unpaired) electrons.